The predicted molar refractivity (Wildman–Crippen MR) is 101 cm³/mol. The Morgan fingerprint density at radius 2 is 1.69 bits per heavy atom. The molecule has 0 saturated carbocycles. The minimum Gasteiger partial charge on any atom is -0.352 e. The zero-order valence-electron chi connectivity index (χ0n) is 16.2. The molecule has 0 saturated heterocycles. The van der Waals surface area contributed by atoms with Crippen LogP contribution < -0.4 is 5.32 Å². The molecular formula is C18H29N3O4S. The SMILES string of the molecule is CCN(CC(=O)NC(C)C)C(=O)c1cccc(S(=O)(=O)N(CC)CC)c1. The Labute approximate surface area is 156 Å². The molecule has 0 aromatic heterocycles. The smallest absolute Gasteiger partial charge is 0.254 e. The number of nitrogens with zero attached hydrogens (tertiary/aromatic N) is 2. The first-order chi connectivity index (χ1) is 12.2. The molecule has 146 valence electrons. The average Bonchev–Trinajstić information content (AvgIpc) is 2.59. The molecule has 1 aromatic carbocycles. The second kappa shape index (κ2) is 9.68. The zero-order chi connectivity index (χ0) is 19.9. The van der Waals surface area contributed by atoms with Crippen LogP contribution in [0.5, 0.6) is 0 Å². The van der Waals surface area contributed by atoms with E-state index >= 15 is 0 Å². The quantitative estimate of drug-likeness (QED) is 0.703. The predicted octanol–water partition coefficient (Wildman–Crippen LogP) is 1.70. The van der Waals surface area contributed by atoms with Gasteiger partial charge >= 0.3 is 0 Å². The lowest BCUT2D eigenvalue weighted by molar-refractivity contribution is -0.122. The van der Waals surface area contributed by atoms with Crippen molar-refractivity contribution in [2.24, 2.45) is 0 Å². The highest BCUT2D eigenvalue weighted by molar-refractivity contribution is 7.89. The summed E-state index contributed by atoms with van der Waals surface area (Å²) in [6, 6.07) is 5.95. The summed E-state index contributed by atoms with van der Waals surface area (Å²) in [5, 5.41) is 2.74. The molecule has 2 amide bonds. The van der Waals surface area contributed by atoms with Crippen LogP contribution in [-0.4, -0.2) is 61.7 Å². The van der Waals surface area contributed by atoms with E-state index in [9.17, 15) is 18.0 Å². The molecule has 1 rings (SSSR count). The van der Waals surface area contributed by atoms with E-state index in [1.165, 1.54) is 21.3 Å². The van der Waals surface area contributed by atoms with Crippen LogP contribution in [0.25, 0.3) is 0 Å². The van der Waals surface area contributed by atoms with Gasteiger partial charge in [-0.2, -0.15) is 4.31 Å². The van der Waals surface area contributed by atoms with E-state index in [0.717, 1.165) is 0 Å². The number of nitrogens with one attached hydrogen (secondary N) is 1. The molecule has 1 N–H and O–H groups in total. The third-order valence-electron chi connectivity index (χ3n) is 3.88. The minimum absolute atomic E-state index is 0.0150. The van der Waals surface area contributed by atoms with Crippen molar-refractivity contribution in [2.75, 3.05) is 26.2 Å². The summed E-state index contributed by atoms with van der Waals surface area (Å²) in [4.78, 5) is 26.1. The molecule has 1 aromatic rings. The monoisotopic (exact) mass is 383 g/mol. The van der Waals surface area contributed by atoms with E-state index in [0.29, 0.717) is 19.6 Å². The number of hydrogen-bond donors (Lipinski definition) is 1. The number of benzene rings is 1. The van der Waals surface area contributed by atoms with Crippen molar-refractivity contribution < 1.29 is 18.0 Å². The first kappa shape index (κ1) is 22.1. The van der Waals surface area contributed by atoms with Gasteiger partial charge in [0.2, 0.25) is 15.9 Å². The summed E-state index contributed by atoms with van der Waals surface area (Å²) in [7, 11) is -3.65. The lowest BCUT2D eigenvalue weighted by Crippen LogP contribution is -2.42. The largest absolute Gasteiger partial charge is 0.352 e. The number of carbonyl (C=O) groups excluding carboxylic acids is 2. The van der Waals surface area contributed by atoms with Gasteiger partial charge in [0.25, 0.3) is 5.91 Å². The van der Waals surface area contributed by atoms with Gasteiger partial charge in [0, 0.05) is 31.2 Å². The highest BCUT2D eigenvalue weighted by atomic mass is 32.2. The van der Waals surface area contributed by atoms with E-state index in [-0.39, 0.29) is 34.9 Å². The summed E-state index contributed by atoms with van der Waals surface area (Å²) in [5.41, 5.74) is 0.248. The normalized spacial score (nSPS) is 11.7. The molecular weight excluding hydrogens is 354 g/mol. The van der Waals surface area contributed by atoms with Crippen LogP contribution in [0.15, 0.2) is 29.2 Å². The number of rotatable bonds is 9. The maximum Gasteiger partial charge on any atom is 0.254 e. The molecule has 8 heteroatoms. The maximum absolute atomic E-state index is 12.7. The molecule has 0 aliphatic heterocycles. The van der Waals surface area contributed by atoms with Gasteiger partial charge in [-0.25, -0.2) is 8.42 Å². The highest BCUT2D eigenvalue weighted by Crippen LogP contribution is 2.18. The Morgan fingerprint density at radius 3 is 2.19 bits per heavy atom. The van der Waals surface area contributed by atoms with Crippen LogP contribution in [0.1, 0.15) is 45.0 Å². The van der Waals surface area contributed by atoms with Crippen molar-refractivity contribution >= 4 is 21.8 Å². The Balaban J connectivity index is 3.08. The van der Waals surface area contributed by atoms with Gasteiger partial charge in [-0.05, 0) is 39.0 Å². The molecule has 0 spiro atoms. The third kappa shape index (κ3) is 5.54. The lowest BCUT2D eigenvalue weighted by Gasteiger charge is -2.22. The van der Waals surface area contributed by atoms with Crippen LogP contribution in [0.4, 0.5) is 0 Å². The van der Waals surface area contributed by atoms with E-state index in [1.54, 1.807) is 32.9 Å². The third-order valence-corrected chi connectivity index (χ3v) is 5.92. The Hall–Kier alpha value is -1.93. The Morgan fingerprint density at radius 1 is 1.08 bits per heavy atom. The van der Waals surface area contributed by atoms with Gasteiger partial charge in [-0.3, -0.25) is 9.59 Å². The van der Waals surface area contributed by atoms with Gasteiger partial charge < -0.3 is 10.2 Å². The van der Waals surface area contributed by atoms with Gasteiger partial charge in [0.15, 0.2) is 0 Å². The number of carbonyl (C=O) groups is 2. The molecule has 0 radical (unpaired) electrons. The van der Waals surface area contributed by atoms with Crippen molar-refractivity contribution in [3.8, 4) is 0 Å². The second-order valence-corrected chi connectivity index (χ2v) is 8.10. The van der Waals surface area contributed by atoms with Gasteiger partial charge in [0.1, 0.15) is 0 Å². The van der Waals surface area contributed by atoms with E-state index < -0.39 is 10.0 Å². The number of hydrogen-bond acceptors (Lipinski definition) is 4. The molecule has 0 heterocycles. The lowest BCUT2D eigenvalue weighted by atomic mass is 10.2. The zero-order valence-corrected chi connectivity index (χ0v) is 17.0. The number of amides is 2. The molecule has 26 heavy (non-hydrogen) atoms. The Bertz CT molecular complexity index is 728. The fourth-order valence-electron chi connectivity index (χ4n) is 2.55. The summed E-state index contributed by atoms with van der Waals surface area (Å²) in [6.07, 6.45) is 0. The van der Waals surface area contributed by atoms with Crippen molar-refractivity contribution in [1.29, 1.82) is 0 Å². The molecule has 0 unspecified atom stereocenters. The van der Waals surface area contributed by atoms with Crippen LogP contribution in [-0.2, 0) is 14.8 Å². The highest BCUT2D eigenvalue weighted by Gasteiger charge is 2.24. The van der Waals surface area contributed by atoms with Gasteiger partial charge in [-0.1, -0.05) is 19.9 Å². The molecule has 0 aliphatic carbocycles. The van der Waals surface area contributed by atoms with E-state index in [1.807, 2.05) is 13.8 Å². The average molecular weight is 384 g/mol. The molecule has 7 nitrogen and oxygen atoms in total. The number of sulfonamides is 1. The van der Waals surface area contributed by atoms with Gasteiger partial charge in [-0.15, -0.1) is 0 Å². The maximum atomic E-state index is 12.7. The van der Waals surface area contributed by atoms with Crippen LogP contribution >= 0.6 is 0 Å². The first-order valence-corrected chi connectivity index (χ1v) is 10.3. The van der Waals surface area contributed by atoms with Crippen molar-refractivity contribution in [3.63, 3.8) is 0 Å². The van der Waals surface area contributed by atoms with E-state index in [4.69, 9.17) is 0 Å². The van der Waals surface area contributed by atoms with E-state index in [2.05, 4.69) is 5.32 Å². The van der Waals surface area contributed by atoms with Crippen molar-refractivity contribution in [1.82, 2.24) is 14.5 Å². The summed E-state index contributed by atoms with van der Waals surface area (Å²) >= 11 is 0. The van der Waals surface area contributed by atoms with Gasteiger partial charge in [0.05, 0.1) is 11.4 Å². The fraction of sp³-hybridized carbons (Fsp3) is 0.556. The summed E-state index contributed by atoms with van der Waals surface area (Å²) in [6.45, 7) is 9.98. The molecule has 0 bridgehead atoms. The van der Waals surface area contributed by atoms with Crippen molar-refractivity contribution in [2.45, 2.75) is 45.6 Å². The topological polar surface area (TPSA) is 86.8 Å². The summed E-state index contributed by atoms with van der Waals surface area (Å²) < 4.78 is 26.6. The fourth-order valence-corrected chi connectivity index (χ4v) is 4.06. The van der Waals surface area contributed by atoms with Crippen molar-refractivity contribution in [3.05, 3.63) is 29.8 Å². The summed E-state index contributed by atoms with van der Waals surface area (Å²) in [5.74, 6) is -0.620. The minimum atomic E-state index is -3.65. The van der Waals surface area contributed by atoms with Crippen LogP contribution in [0.2, 0.25) is 0 Å². The van der Waals surface area contributed by atoms with Crippen LogP contribution in [0, 0.1) is 0 Å². The Kier molecular flexibility index (Phi) is 8.23. The standard InChI is InChI=1S/C18H29N3O4S/c1-6-20(13-17(22)19-14(4)5)18(23)15-10-9-11-16(12-15)26(24,25)21(7-2)8-3/h9-12,14H,6-8,13H2,1-5H3,(H,19,22). The van der Waals surface area contributed by atoms with Crippen LogP contribution in [0.3, 0.4) is 0 Å². The first-order valence-electron chi connectivity index (χ1n) is 8.86. The molecule has 0 fully saturated rings. The molecule has 0 aliphatic rings. The second-order valence-electron chi connectivity index (χ2n) is 6.16. The number of likely N-dealkylation sites (N-methyl/N-ethyl adjacent to an activating group) is 1. The molecule has 0 atom stereocenters.